The molecule has 0 bridgehead atoms. The molecule has 0 aliphatic heterocycles. The molecule has 3 N–H and O–H groups in total. The number of hydrogen-bond donors (Lipinski definition) is 2. The molecule has 2 atom stereocenters. The smallest absolute Gasteiger partial charge is 0.0301 e. The maximum atomic E-state index is 5.36. The minimum atomic E-state index is 0.324. The molecule has 2 nitrogen and oxygen atoms in total. The Kier molecular flexibility index (Phi) is 4.28. The molecule has 13 heavy (non-hydrogen) atoms. The highest BCUT2D eigenvalue weighted by atomic mass is 32.2. The summed E-state index contributed by atoms with van der Waals surface area (Å²) in [5.74, 6) is 5.36. The van der Waals surface area contributed by atoms with E-state index in [0.29, 0.717) is 11.3 Å². The van der Waals surface area contributed by atoms with Crippen molar-refractivity contribution in [1.82, 2.24) is 5.43 Å². The van der Waals surface area contributed by atoms with E-state index < -0.39 is 0 Å². The summed E-state index contributed by atoms with van der Waals surface area (Å²) in [4.78, 5) is 1.29. The molecule has 0 aliphatic rings. The Hall–Kier alpha value is -0.510. The van der Waals surface area contributed by atoms with Gasteiger partial charge in [-0.15, -0.1) is 11.8 Å². The average molecular weight is 196 g/mol. The number of thioether (sulfide) groups is 1. The maximum absolute atomic E-state index is 5.36. The first-order valence-corrected chi connectivity index (χ1v) is 5.30. The lowest BCUT2D eigenvalue weighted by Gasteiger charge is -2.18. The molecule has 0 unspecified atom stereocenters. The van der Waals surface area contributed by atoms with Gasteiger partial charge in [-0.2, -0.15) is 0 Å². The maximum Gasteiger partial charge on any atom is 0.0301 e. The number of rotatable bonds is 4. The number of nitrogens with two attached hydrogens (primary N) is 1. The van der Waals surface area contributed by atoms with Crippen molar-refractivity contribution >= 4 is 11.8 Å². The zero-order valence-corrected chi connectivity index (χ0v) is 8.84. The van der Waals surface area contributed by atoms with E-state index in [4.69, 9.17) is 5.84 Å². The molecule has 3 heteroatoms. The summed E-state index contributed by atoms with van der Waals surface area (Å²) in [5.41, 5.74) is 2.76. The summed E-state index contributed by atoms with van der Waals surface area (Å²) in [6.07, 6.45) is 0. The van der Waals surface area contributed by atoms with Crippen LogP contribution in [0.1, 0.15) is 13.8 Å². The van der Waals surface area contributed by atoms with Gasteiger partial charge in [-0.1, -0.05) is 25.1 Å². The lowest BCUT2D eigenvalue weighted by Crippen LogP contribution is -2.38. The third kappa shape index (κ3) is 3.38. The molecule has 72 valence electrons. The molecule has 0 radical (unpaired) electrons. The van der Waals surface area contributed by atoms with Crippen molar-refractivity contribution in [3.8, 4) is 0 Å². The zero-order chi connectivity index (χ0) is 9.68. The molecule has 1 aromatic rings. The van der Waals surface area contributed by atoms with Crippen LogP contribution < -0.4 is 11.3 Å². The normalized spacial score (nSPS) is 15.3. The second-order valence-electron chi connectivity index (χ2n) is 3.09. The first-order chi connectivity index (χ1) is 6.24. The predicted octanol–water partition coefficient (Wildman–Crippen LogP) is 2.02. The van der Waals surface area contributed by atoms with Crippen LogP contribution >= 0.6 is 11.8 Å². The quantitative estimate of drug-likeness (QED) is 0.439. The second kappa shape index (κ2) is 5.27. The van der Waals surface area contributed by atoms with Gasteiger partial charge in [-0.3, -0.25) is 11.3 Å². The zero-order valence-electron chi connectivity index (χ0n) is 8.03. The molecular formula is C10H16N2S. The fourth-order valence-corrected chi connectivity index (χ4v) is 1.98. The molecule has 0 fully saturated rings. The largest absolute Gasteiger partial charge is 0.271 e. The van der Waals surface area contributed by atoms with Crippen molar-refractivity contribution in [2.45, 2.75) is 30.0 Å². The van der Waals surface area contributed by atoms with E-state index in [1.165, 1.54) is 4.90 Å². The van der Waals surface area contributed by atoms with Crippen LogP contribution in [0.15, 0.2) is 35.2 Å². The minimum Gasteiger partial charge on any atom is -0.271 e. The molecule has 0 saturated heterocycles. The number of hydrogen-bond acceptors (Lipinski definition) is 3. The highest BCUT2D eigenvalue weighted by molar-refractivity contribution is 8.00. The molecule has 0 aromatic heterocycles. The van der Waals surface area contributed by atoms with Gasteiger partial charge in [0.25, 0.3) is 0 Å². The van der Waals surface area contributed by atoms with Crippen LogP contribution in [-0.2, 0) is 0 Å². The van der Waals surface area contributed by atoms with Crippen LogP contribution in [0.2, 0.25) is 0 Å². The minimum absolute atomic E-state index is 0.324. The van der Waals surface area contributed by atoms with Gasteiger partial charge in [-0.25, -0.2) is 0 Å². The summed E-state index contributed by atoms with van der Waals surface area (Å²) >= 11 is 1.83. The van der Waals surface area contributed by atoms with Gasteiger partial charge in [0.05, 0.1) is 0 Å². The Labute approximate surface area is 83.9 Å². The average Bonchev–Trinajstić information content (AvgIpc) is 2.18. The highest BCUT2D eigenvalue weighted by Gasteiger charge is 2.10. The first-order valence-electron chi connectivity index (χ1n) is 4.42. The van der Waals surface area contributed by atoms with Gasteiger partial charge in [0.2, 0.25) is 0 Å². The Balaban J connectivity index is 2.50. The van der Waals surface area contributed by atoms with Gasteiger partial charge >= 0.3 is 0 Å². The summed E-state index contributed by atoms with van der Waals surface area (Å²) in [5, 5.41) is 0.479. The molecular weight excluding hydrogens is 180 g/mol. The van der Waals surface area contributed by atoms with Crippen LogP contribution in [0.3, 0.4) is 0 Å². The molecule has 1 rings (SSSR count). The monoisotopic (exact) mass is 196 g/mol. The molecule has 0 amide bonds. The lowest BCUT2D eigenvalue weighted by molar-refractivity contribution is 0.566. The number of hydrazine groups is 1. The topological polar surface area (TPSA) is 38.0 Å². The van der Waals surface area contributed by atoms with E-state index in [1.54, 1.807) is 0 Å². The Morgan fingerprint density at radius 1 is 1.23 bits per heavy atom. The van der Waals surface area contributed by atoms with Crippen LogP contribution in [0.4, 0.5) is 0 Å². The Morgan fingerprint density at radius 3 is 2.38 bits per heavy atom. The van der Waals surface area contributed by atoms with E-state index in [9.17, 15) is 0 Å². The lowest BCUT2D eigenvalue weighted by atomic mass is 10.3. The summed E-state index contributed by atoms with van der Waals surface area (Å²) in [7, 11) is 0. The van der Waals surface area contributed by atoms with Gasteiger partial charge in [0.15, 0.2) is 0 Å². The summed E-state index contributed by atoms with van der Waals surface area (Å²) < 4.78 is 0. The van der Waals surface area contributed by atoms with Crippen LogP contribution in [0, 0.1) is 0 Å². The second-order valence-corrected chi connectivity index (χ2v) is 4.54. The summed E-state index contributed by atoms with van der Waals surface area (Å²) in [6, 6.07) is 10.7. The number of nitrogens with one attached hydrogen (secondary N) is 1. The van der Waals surface area contributed by atoms with E-state index >= 15 is 0 Å². The van der Waals surface area contributed by atoms with Crippen molar-refractivity contribution < 1.29 is 0 Å². The van der Waals surface area contributed by atoms with Crippen molar-refractivity contribution in [3.63, 3.8) is 0 Å². The third-order valence-corrected chi connectivity index (χ3v) is 3.36. The van der Waals surface area contributed by atoms with Crippen LogP contribution in [-0.4, -0.2) is 11.3 Å². The Bertz CT molecular complexity index is 238. The van der Waals surface area contributed by atoms with Crippen molar-refractivity contribution in [3.05, 3.63) is 30.3 Å². The van der Waals surface area contributed by atoms with Gasteiger partial charge in [0, 0.05) is 16.2 Å². The fourth-order valence-electron chi connectivity index (χ4n) is 0.951. The van der Waals surface area contributed by atoms with E-state index in [2.05, 4.69) is 43.5 Å². The van der Waals surface area contributed by atoms with E-state index in [-0.39, 0.29) is 0 Å². The first kappa shape index (κ1) is 10.6. The molecule has 0 aliphatic carbocycles. The third-order valence-electron chi connectivity index (χ3n) is 2.03. The molecule has 0 spiro atoms. The molecule has 0 saturated carbocycles. The summed E-state index contributed by atoms with van der Waals surface area (Å²) in [6.45, 7) is 4.25. The molecule has 0 heterocycles. The van der Waals surface area contributed by atoms with Gasteiger partial charge in [-0.05, 0) is 19.1 Å². The van der Waals surface area contributed by atoms with Crippen molar-refractivity contribution in [2.24, 2.45) is 5.84 Å². The van der Waals surface area contributed by atoms with E-state index in [1.807, 2.05) is 17.8 Å². The fraction of sp³-hybridized carbons (Fsp3) is 0.400. The number of benzene rings is 1. The predicted molar refractivity (Wildman–Crippen MR) is 58.5 cm³/mol. The SMILES string of the molecule is C[C@@H](NN)[C@@H](C)Sc1ccccc1. The van der Waals surface area contributed by atoms with Crippen molar-refractivity contribution in [1.29, 1.82) is 0 Å². The van der Waals surface area contributed by atoms with Crippen LogP contribution in [0.5, 0.6) is 0 Å². The van der Waals surface area contributed by atoms with Gasteiger partial charge < -0.3 is 0 Å². The standard InChI is InChI=1S/C10H16N2S/c1-8(12-11)9(2)13-10-6-4-3-5-7-10/h3-9,12H,11H2,1-2H3/t8-,9-/m1/s1. The van der Waals surface area contributed by atoms with Gasteiger partial charge in [0.1, 0.15) is 0 Å². The van der Waals surface area contributed by atoms with Crippen molar-refractivity contribution in [2.75, 3.05) is 0 Å². The van der Waals surface area contributed by atoms with Crippen LogP contribution in [0.25, 0.3) is 0 Å². The highest BCUT2D eigenvalue weighted by Crippen LogP contribution is 2.24. The van der Waals surface area contributed by atoms with E-state index in [0.717, 1.165) is 0 Å². The Morgan fingerprint density at radius 2 is 1.85 bits per heavy atom. The molecule has 1 aromatic carbocycles.